The Morgan fingerprint density at radius 2 is 1.66 bits per heavy atom. The molecule has 1 spiro atoms. The highest BCUT2D eigenvalue weighted by molar-refractivity contribution is 7.89. The number of piperazine rings is 1. The van der Waals surface area contributed by atoms with E-state index in [0.29, 0.717) is 18.9 Å². The van der Waals surface area contributed by atoms with Crippen molar-refractivity contribution in [2.24, 2.45) is 5.16 Å². The monoisotopic (exact) mass is 550 g/mol. The SMILES string of the molecule is O=S(=O)(c1cccc(C(F)(F)F)c1)N1CCC2(CC1)ON=CC2N1CCN(CCCc2ccccc2)CC1. The average Bonchev–Trinajstić information content (AvgIpc) is 3.32. The van der Waals surface area contributed by atoms with E-state index in [1.165, 1.54) is 15.9 Å². The number of alkyl halides is 3. The van der Waals surface area contributed by atoms with Crippen LogP contribution in [0.3, 0.4) is 0 Å². The molecule has 1 atom stereocenters. The average molecular weight is 551 g/mol. The number of hydrogen-bond donors (Lipinski definition) is 0. The van der Waals surface area contributed by atoms with Crippen molar-refractivity contribution >= 4 is 16.2 Å². The number of aryl methyl sites for hydroxylation is 1. The molecular weight excluding hydrogens is 517 g/mol. The molecule has 5 rings (SSSR count). The molecular formula is C27H33F3N4O3S. The third kappa shape index (κ3) is 5.75. The molecule has 1 unspecified atom stereocenters. The molecule has 0 amide bonds. The first kappa shape index (κ1) is 27.1. The van der Waals surface area contributed by atoms with Crippen molar-refractivity contribution in [2.75, 3.05) is 45.8 Å². The Morgan fingerprint density at radius 3 is 2.34 bits per heavy atom. The fourth-order valence-corrected chi connectivity index (χ4v) is 7.19. The Morgan fingerprint density at radius 1 is 0.947 bits per heavy atom. The molecule has 0 saturated carbocycles. The van der Waals surface area contributed by atoms with E-state index in [9.17, 15) is 21.6 Å². The van der Waals surface area contributed by atoms with Crippen LogP contribution in [0.25, 0.3) is 0 Å². The zero-order chi connectivity index (χ0) is 26.8. The van der Waals surface area contributed by atoms with Crippen LogP contribution < -0.4 is 0 Å². The number of oxime groups is 1. The summed E-state index contributed by atoms with van der Waals surface area (Å²) in [6.07, 6.45) is 0.235. The molecule has 3 heterocycles. The van der Waals surface area contributed by atoms with Gasteiger partial charge >= 0.3 is 6.18 Å². The van der Waals surface area contributed by atoms with Gasteiger partial charge in [0.25, 0.3) is 0 Å². The highest BCUT2D eigenvalue weighted by Gasteiger charge is 2.51. The molecule has 38 heavy (non-hydrogen) atoms. The topological polar surface area (TPSA) is 65.5 Å². The Balaban J connectivity index is 1.15. The predicted octanol–water partition coefficient (Wildman–Crippen LogP) is 3.86. The van der Waals surface area contributed by atoms with E-state index in [0.717, 1.165) is 57.7 Å². The summed E-state index contributed by atoms with van der Waals surface area (Å²) in [4.78, 5) is 10.4. The van der Waals surface area contributed by atoms with Gasteiger partial charge in [-0.1, -0.05) is 41.6 Å². The van der Waals surface area contributed by atoms with Gasteiger partial charge < -0.3 is 9.74 Å². The van der Waals surface area contributed by atoms with Crippen molar-refractivity contribution < 1.29 is 26.4 Å². The minimum Gasteiger partial charge on any atom is -0.387 e. The molecule has 2 saturated heterocycles. The summed E-state index contributed by atoms with van der Waals surface area (Å²) in [5.74, 6) is 0. The van der Waals surface area contributed by atoms with E-state index >= 15 is 0 Å². The van der Waals surface area contributed by atoms with Crippen molar-refractivity contribution in [3.8, 4) is 0 Å². The summed E-state index contributed by atoms with van der Waals surface area (Å²) in [5, 5.41) is 4.13. The van der Waals surface area contributed by atoms with E-state index in [-0.39, 0.29) is 24.0 Å². The highest BCUT2D eigenvalue weighted by atomic mass is 32.2. The molecule has 0 N–H and O–H groups in total. The minimum atomic E-state index is -4.61. The van der Waals surface area contributed by atoms with Crippen LogP contribution in [0.1, 0.15) is 30.4 Å². The molecule has 2 aromatic carbocycles. The van der Waals surface area contributed by atoms with Gasteiger partial charge in [0.1, 0.15) is 0 Å². The Bertz CT molecular complexity index is 1220. The Labute approximate surface area is 221 Å². The Kier molecular flexibility index (Phi) is 7.82. The fourth-order valence-electron chi connectivity index (χ4n) is 5.70. The molecule has 206 valence electrons. The molecule has 3 aliphatic heterocycles. The third-order valence-electron chi connectivity index (χ3n) is 7.93. The van der Waals surface area contributed by atoms with E-state index in [1.807, 2.05) is 12.3 Å². The standard InChI is InChI=1S/C27H33F3N4O3S/c28-27(29,30)23-9-4-10-24(20-23)38(35,36)34-14-11-26(12-15-34)25(21-31-37-26)33-18-16-32(17-19-33)13-5-8-22-6-2-1-3-7-22/h1-4,6-7,9-10,20-21,25H,5,8,11-19H2. The number of hydrogen-bond acceptors (Lipinski definition) is 6. The van der Waals surface area contributed by atoms with Crippen molar-refractivity contribution in [3.63, 3.8) is 0 Å². The lowest BCUT2D eigenvalue weighted by molar-refractivity contribution is -0.137. The minimum absolute atomic E-state index is 0.0487. The second-order valence-corrected chi connectivity index (χ2v) is 12.2. The van der Waals surface area contributed by atoms with Gasteiger partial charge in [0.2, 0.25) is 10.0 Å². The van der Waals surface area contributed by atoms with Crippen LogP contribution >= 0.6 is 0 Å². The van der Waals surface area contributed by atoms with Crippen LogP contribution in [0.15, 0.2) is 64.6 Å². The molecule has 0 bridgehead atoms. The van der Waals surface area contributed by atoms with Gasteiger partial charge in [0.15, 0.2) is 5.60 Å². The quantitative estimate of drug-likeness (QED) is 0.524. The second kappa shape index (κ2) is 11.0. The maximum atomic E-state index is 13.1. The molecule has 7 nitrogen and oxygen atoms in total. The summed E-state index contributed by atoms with van der Waals surface area (Å²) < 4.78 is 66.9. The van der Waals surface area contributed by atoms with Gasteiger partial charge in [0, 0.05) is 52.1 Å². The zero-order valence-corrected chi connectivity index (χ0v) is 22.0. The van der Waals surface area contributed by atoms with Gasteiger partial charge in [-0.3, -0.25) is 4.90 Å². The smallest absolute Gasteiger partial charge is 0.387 e. The van der Waals surface area contributed by atoms with Crippen LogP contribution in [-0.2, 0) is 27.5 Å². The molecule has 2 fully saturated rings. The van der Waals surface area contributed by atoms with Crippen LogP contribution in [0, 0.1) is 0 Å². The first-order chi connectivity index (χ1) is 18.2. The molecule has 11 heteroatoms. The Hall–Kier alpha value is -2.47. The van der Waals surface area contributed by atoms with Crippen LogP contribution in [0.2, 0.25) is 0 Å². The van der Waals surface area contributed by atoms with E-state index in [2.05, 4.69) is 39.2 Å². The van der Waals surface area contributed by atoms with Gasteiger partial charge in [-0.05, 0) is 43.1 Å². The van der Waals surface area contributed by atoms with E-state index in [4.69, 9.17) is 4.84 Å². The van der Waals surface area contributed by atoms with Gasteiger partial charge in [-0.2, -0.15) is 17.5 Å². The van der Waals surface area contributed by atoms with Crippen molar-refractivity contribution in [1.29, 1.82) is 0 Å². The number of halogens is 3. The normalized spacial score (nSPS) is 23.1. The molecule has 0 aliphatic carbocycles. The van der Waals surface area contributed by atoms with Crippen LogP contribution in [-0.4, -0.2) is 86.2 Å². The third-order valence-corrected chi connectivity index (χ3v) is 9.82. The summed E-state index contributed by atoms with van der Waals surface area (Å²) >= 11 is 0. The van der Waals surface area contributed by atoms with Gasteiger partial charge in [-0.15, -0.1) is 0 Å². The highest BCUT2D eigenvalue weighted by Crippen LogP contribution is 2.38. The van der Waals surface area contributed by atoms with Crippen molar-refractivity contribution in [1.82, 2.24) is 14.1 Å². The molecule has 2 aromatic rings. The van der Waals surface area contributed by atoms with Crippen molar-refractivity contribution in [2.45, 2.75) is 48.4 Å². The zero-order valence-electron chi connectivity index (χ0n) is 21.2. The lowest BCUT2D eigenvalue weighted by Crippen LogP contribution is -2.61. The maximum absolute atomic E-state index is 13.1. The summed E-state index contributed by atoms with van der Waals surface area (Å²) in [5.41, 5.74) is -0.234. The van der Waals surface area contributed by atoms with Gasteiger partial charge in [-0.25, -0.2) is 8.42 Å². The van der Waals surface area contributed by atoms with E-state index in [1.54, 1.807) is 0 Å². The summed E-state index contributed by atoms with van der Waals surface area (Å²) in [7, 11) is -4.05. The fraction of sp³-hybridized carbons (Fsp3) is 0.519. The first-order valence-electron chi connectivity index (χ1n) is 13.1. The lowest BCUT2D eigenvalue weighted by Gasteiger charge is -2.45. The first-order valence-corrected chi connectivity index (χ1v) is 14.5. The number of benzene rings is 2. The molecule has 3 aliphatic rings. The maximum Gasteiger partial charge on any atom is 0.416 e. The van der Waals surface area contributed by atoms with Crippen LogP contribution in [0.4, 0.5) is 13.2 Å². The number of sulfonamides is 1. The summed E-state index contributed by atoms with van der Waals surface area (Å²) in [6.45, 7) is 5.02. The second-order valence-electron chi connectivity index (χ2n) is 10.3. The summed E-state index contributed by atoms with van der Waals surface area (Å²) in [6, 6.07) is 14.4. The van der Waals surface area contributed by atoms with Crippen LogP contribution in [0.5, 0.6) is 0 Å². The molecule has 0 radical (unpaired) electrons. The number of rotatable bonds is 7. The van der Waals surface area contributed by atoms with Gasteiger partial charge in [0.05, 0.1) is 22.7 Å². The van der Waals surface area contributed by atoms with E-state index < -0.39 is 27.4 Å². The largest absolute Gasteiger partial charge is 0.416 e. The molecule has 0 aromatic heterocycles. The van der Waals surface area contributed by atoms with Crippen molar-refractivity contribution in [3.05, 3.63) is 65.7 Å². The number of nitrogens with zero attached hydrogens (tertiary/aromatic N) is 4. The lowest BCUT2D eigenvalue weighted by atomic mass is 9.84. The number of piperidine rings is 1. The predicted molar refractivity (Wildman–Crippen MR) is 138 cm³/mol.